The maximum absolute atomic E-state index is 13.9. The van der Waals surface area contributed by atoms with E-state index in [1.165, 1.54) is 18.2 Å². The molecule has 1 aliphatic heterocycles. The van der Waals surface area contributed by atoms with E-state index in [0.29, 0.717) is 56.2 Å². The molecule has 0 unspecified atom stereocenters. The molecule has 27 heavy (non-hydrogen) atoms. The summed E-state index contributed by atoms with van der Waals surface area (Å²) in [5.41, 5.74) is 0.803. The van der Waals surface area contributed by atoms with Crippen LogP contribution in [0.25, 0.3) is 0 Å². The number of likely N-dealkylation sites (tertiary alicyclic amines) is 1. The van der Waals surface area contributed by atoms with Crippen LogP contribution in [0.4, 0.5) is 4.39 Å². The van der Waals surface area contributed by atoms with Crippen LogP contribution in [0, 0.1) is 23.1 Å². The molecule has 0 atom stereocenters. The molecule has 148 valence electrons. The minimum absolute atomic E-state index is 0. The number of esters is 1. The van der Waals surface area contributed by atoms with Crippen molar-refractivity contribution in [2.24, 2.45) is 10.9 Å². The van der Waals surface area contributed by atoms with Crippen molar-refractivity contribution in [3.8, 4) is 6.07 Å². The number of hydrogen-bond acceptors (Lipinski definition) is 4. The minimum Gasteiger partial charge on any atom is -0.466 e. The fraction of sp³-hybridized carbons (Fsp3) is 0.526. The number of nitriles is 1. The normalized spacial score (nSPS) is 14.9. The Morgan fingerprint density at radius 3 is 2.70 bits per heavy atom. The molecule has 1 saturated heterocycles. The minimum atomic E-state index is -0.371. The third-order valence-corrected chi connectivity index (χ3v) is 4.32. The van der Waals surface area contributed by atoms with Crippen LogP contribution >= 0.6 is 24.0 Å². The van der Waals surface area contributed by atoms with Gasteiger partial charge in [-0.1, -0.05) is 0 Å². The Bertz CT molecular complexity index is 697. The Morgan fingerprint density at radius 1 is 1.41 bits per heavy atom. The number of nitrogens with one attached hydrogen (secondary N) is 1. The van der Waals surface area contributed by atoms with E-state index in [1.54, 1.807) is 0 Å². The van der Waals surface area contributed by atoms with Gasteiger partial charge >= 0.3 is 5.97 Å². The second-order valence-corrected chi connectivity index (χ2v) is 6.10. The highest BCUT2D eigenvalue weighted by molar-refractivity contribution is 14.0. The summed E-state index contributed by atoms with van der Waals surface area (Å²) in [6.07, 6.45) is 1.42. The molecule has 1 aromatic carbocycles. The first-order valence-electron chi connectivity index (χ1n) is 8.97. The van der Waals surface area contributed by atoms with Gasteiger partial charge in [-0.2, -0.15) is 5.26 Å². The van der Waals surface area contributed by atoms with Gasteiger partial charge in [0.25, 0.3) is 0 Å². The molecule has 2 rings (SSSR count). The smallest absolute Gasteiger partial charge is 0.309 e. The van der Waals surface area contributed by atoms with Crippen molar-refractivity contribution in [1.82, 2.24) is 10.2 Å². The molecule has 0 aromatic heterocycles. The molecular weight excluding hydrogens is 462 g/mol. The van der Waals surface area contributed by atoms with Crippen LogP contribution < -0.4 is 5.32 Å². The Morgan fingerprint density at radius 2 is 2.11 bits per heavy atom. The number of carbonyl (C=O) groups is 1. The summed E-state index contributed by atoms with van der Waals surface area (Å²) in [7, 11) is 0. The summed E-state index contributed by atoms with van der Waals surface area (Å²) >= 11 is 0. The molecule has 1 N–H and O–H groups in total. The summed E-state index contributed by atoms with van der Waals surface area (Å²) in [4.78, 5) is 18.4. The number of hydrogen-bond donors (Lipinski definition) is 1. The third kappa shape index (κ3) is 6.65. The van der Waals surface area contributed by atoms with Gasteiger partial charge in [-0.05, 0) is 44.9 Å². The second kappa shape index (κ2) is 11.7. The lowest BCUT2D eigenvalue weighted by Gasteiger charge is -2.33. The molecule has 0 saturated carbocycles. The van der Waals surface area contributed by atoms with E-state index in [4.69, 9.17) is 10.00 Å². The molecule has 1 fully saturated rings. The maximum atomic E-state index is 13.9. The molecule has 1 aromatic rings. The number of halogens is 2. The maximum Gasteiger partial charge on any atom is 0.309 e. The summed E-state index contributed by atoms with van der Waals surface area (Å²) in [6, 6.07) is 6.28. The molecular formula is C19H26FIN4O2. The van der Waals surface area contributed by atoms with Gasteiger partial charge in [-0.3, -0.25) is 4.79 Å². The van der Waals surface area contributed by atoms with Crippen molar-refractivity contribution >= 4 is 35.9 Å². The first-order chi connectivity index (χ1) is 12.6. The van der Waals surface area contributed by atoms with Crippen LogP contribution in [-0.2, 0) is 16.1 Å². The monoisotopic (exact) mass is 488 g/mol. The average molecular weight is 488 g/mol. The van der Waals surface area contributed by atoms with Crippen LogP contribution in [0.5, 0.6) is 0 Å². The number of ether oxygens (including phenoxy) is 1. The topological polar surface area (TPSA) is 77.7 Å². The van der Waals surface area contributed by atoms with E-state index in [0.717, 1.165) is 0 Å². The van der Waals surface area contributed by atoms with Crippen molar-refractivity contribution in [2.45, 2.75) is 33.2 Å². The predicted octanol–water partition coefficient (Wildman–Crippen LogP) is 3.06. The Balaban J connectivity index is 0.00000364. The largest absolute Gasteiger partial charge is 0.466 e. The quantitative estimate of drug-likeness (QED) is 0.299. The van der Waals surface area contributed by atoms with E-state index in [2.05, 4.69) is 15.2 Å². The number of rotatable bonds is 5. The highest BCUT2D eigenvalue weighted by Gasteiger charge is 2.27. The standard InChI is InChI=1S/C19H25FN4O2.HI/c1-3-22-19(23-13-16-11-14(12-21)5-6-17(16)20)24-9-7-15(8-10-24)18(25)26-4-2;/h5-6,11,15H,3-4,7-10,13H2,1-2H3,(H,22,23);1H. The molecule has 1 aliphatic rings. The molecule has 1 heterocycles. The van der Waals surface area contributed by atoms with Crippen LogP contribution in [0.1, 0.15) is 37.8 Å². The fourth-order valence-corrected chi connectivity index (χ4v) is 2.94. The van der Waals surface area contributed by atoms with E-state index >= 15 is 0 Å². The lowest BCUT2D eigenvalue weighted by Crippen LogP contribution is -2.46. The predicted molar refractivity (Wildman–Crippen MR) is 112 cm³/mol. The van der Waals surface area contributed by atoms with Crippen molar-refractivity contribution in [3.63, 3.8) is 0 Å². The summed E-state index contributed by atoms with van der Waals surface area (Å²) in [6.45, 7) is 6.41. The zero-order valence-corrected chi connectivity index (χ0v) is 18.0. The first-order valence-corrected chi connectivity index (χ1v) is 8.97. The summed E-state index contributed by atoms with van der Waals surface area (Å²) in [5, 5.41) is 12.2. The lowest BCUT2D eigenvalue weighted by molar-refractivity contribution is -0.149. The Hall–Kier alpha value is -1.89. The zero-order valence-electron chi connectivity index (χ0n) is 15.7. The highest BCUT2D eigenvalue weighted by Crippen LogP contribution is 2.19. The van der Waals surface area contributed by atoms with Crippen molar-refractivity contribution < 1.29 is 13.9 Å². The lowest BCUT2D eigenvalue weighted by atomic mass is 9.97. The number of aliphatic imine (C=N–C) groups is 1. The second-order valence-electron chi connectivity index (χ2n) is 6.10. The first kappa shape index (κ1) is 23.1. The van der Waals surface area contributed by atoms with E-state index in [1.807, 2.05) is 19.9 Å². The van der Waals surface area contributed by atoms with Gasteiger partial charge in [0, 0.05) is 25.2 Å². The highest BCUT2D eigenvalue weighted by atomic mass is 127. The summed E-state index contributed by atoms with van der Waals surface area (Å²) < 4.78 is 19.0. The van der Waals surface area contributed by atoms with E-state index in [-0.39, 0.29) is 48.2 Å². The van der Waals surface area contributed by atoms with Gasteiger partial charge in [0.15, 0.2) is 5.96 Å². The van der Waals surface area contributed by atoms with Gasteiger partial charge in [0.2, 0.25) is 0 Å². The van der Waals surface area contributed by atoms with Crippen LogP contribution in [0.15, 0.2) is 23.2 Å². The Kier molecular flexibility index (Phi) is 10.1. The third-order valence-electron chi connectivity index (χ3n) is 4.32. The SMILES string of the molecule is CCNC(=NCc1cc(C#N)ccc1F)N1CCC(C(=O)OCC)CC1.I. The van der Waals surface area contributed by atoms with Crippen molar-refractivity contribution in [1.29, 1.82) is 5.26 Å². The molecule has 0 bridgehead atoms. The van der Waals surface area contributed by atoms with E-state index < -0.39 is 0 Å². The van der Waals surface area contributed by atoms with Crippen LogP contribution in [0.2, 0.25) is 0 Å². The molecule has 0 amide bonds. The summed E-state index contributed by atoms with van der Waals surface area (Å²) in [5.74, 6) is 0.115. The fourth-order valence-electron chi connectivity index (χ4n) is 2.94. The van der Waals surface area contributed by atoms with Crippen molar-refractivity contribution in [3.05, 3.63) is 35.1 Å². The molecule has 6 nitrogen and oxygen atoms in total. The number of carbonyl (C=O) groups excluding carboxylic acids is 1. The number of piperidine rings is 1. The van der Waals surface area contributed by atoms with Gasteiger partial charge < -0.3 is 15.0 Å². The number of guanidine groups is 1. The molecule has 0 radical (unpaired) electrons. The molecule has 8 heteroatoms. The molecule has 0 aliphatic carbocycles. The van der Waals surface area contributed by atoms with Gasteiger partial charge in [0.05, 0.1) is 30.7 Å². The van der Waals surface area contributed by atoms with E-state index in [9.17, 15) is 9.18 Å². The van der Waals surface area contributed by atoms with Gasteiger partial charge in [-0.15, -0.1) is 24.0 Å². The van der Waals surface area contributed by atoms with Gasteiger partial charge in [0.1, 0.15) is 5.82 Å². The number of nitrogens with zero attached hydrogens (tertiary/aromatic N) is 3. The Labute approximate surface area is 176 Å². The van der Waals surface area contributed by atoms with Gasteiger partial charge in [-0.25, -0.2) is 9.38 Å². The van der Waals surface area contributed by atoms with Crippen LogP contribution in [0.3, 0.4) is 0 Å². The molecule has 0 spiro atoms. The van der Waals surface area contributed by atoms with Crippen molar-refractivity contribution in [2.75, 3.05) is 26.2 Å². The number of benzene rings is 1. The van der Waals surface area contributed by atoms with Crippen LogP contribution in [-0.4, -0.2) is 43.1 Å². The zero-order chi connectivity index (χ0) is 18.9. The average Bonchev–Trinajstić information content (AvgIpc) is 2.66.